The van der Waals surface area contributed by atoms with Gasteiger partial charge in [-0.25, -0.2) is 4.98 Å². The van der Waals surface area contributed by atoms with Crippen LogP contribution in [0.4, 0.5) is 0 Å². The molecule has 1 aliphatic rings. The van der Waals surface area contributed by atoms with E-state index in [0.29, 0.717) is 5.82 Å². The van der Waals surface area contributed by atoms with Gasteiger partial charge in [-0.2, -0.15) is 5.10 Å². The summed E-state index contributed by atoms with van der Waals surface area (Å²) in [6.45, 7) is 5.49. The highest BCUT2D eigenvalue weighted by atomic mass is 32.1. The Hall–Kier alpha value is -1.92. The maximum Gasteiger partial charge on any atom is 0.216 e. The Bertz CT molecular complexity index is 784. The molecule has 0 aliphatic carbocycles. The van der Waals surface area contributed by atoms with Crippen molar-refractivity contribution in [2.24, 2.45) is 0 Å². The fraction of sp³-hybridized carbons (Fsp3) is 0.444. The summed E-state index contributed by atoms with van der Waals surface area (Å²) in [6.07, 6.45) is 4.29. The lowest BCUT2D eigenvalue weighted by atomic mass is 10.2. The van der Waals surface area contributed by atoms with E-state index >= 15 is 0 Å². The van der Waals surface area contributed by atoms with E-state index in [2.05, 4.69) is 50.6 Å². The molecule has 3 aromatic heterocycles. The molecule has 0 unspecified atom stereocenters. The van der Waals surface area contributed by atoms with E-state index in [1.54, 1.807) is 11.3 Å². The molecular formula is C18H22N4OS. The Morgan fingerprint density at radius 3 is 2.96 bits per heavy atom. The molecule has 126 valence electrons. The average Bonchev–Trinajstić information content (AvgIpc) is 3.36. The van der Waals surface area contributed by atoms with Gasteiger partial charge in [-0.15, -0.1) is 11.3 Å². The zero-order valence-corrected chi connectivity index (χ0v) is 14.7. The molecule has 1 fully saturated rings. The number of likely N-dealkylation sites (tertiary alicyclic amines) is 1. The summed E-state index contributed by atoms with van der Waals surface area (Å²) in [5, 5.41) is 9.47. The molecule has 0 saturated carbocycles. The quantitative estimate of drug-likeness (QED) is 0.739. The number of nitrogens with zero attached hydrogens (tertiary/aromatic N) is 3. The second-order valence-corrected chi connectivity index (χ2v) is 7.29. The predicted octanol–water partition coefficient (Wildman–Crippen LogP) is 3.88. The third-order valence-corrected chi connectivity index (χ3v) is 5.36. The first kappa shape index (κ1) is 15.6. The second-order valence-electron chi connectivity index (χ2n) is 6.26. The summed E-state index contributed by atoms with van der Waals surface area (Å²) >= 11 is 1.73. The highest BCUT2D eigenvalue weighted by Gasteiger charge is 2.19. The van der Waals surface area contributed by atoms with Crippen molar-refractivity contribution in [3.63, 3.8) is 0 Å². The van der Waals surface area contributed by atoms with Gasteiger partial charge in [0.05, 0.1) is 0 Å². The summed E-state index contributed by atoms with van der Waals surface area (Å²) in [4.78, 5) is 8.38. The van der Waals surface area contributed by atoms with Gasteiger partial charge in [0.2, 0.25) is 5.82 Å². The van der Waals surface area contributed by atoms with Crippen LogP contribution in [0.3, 0.4) is 0 Å². The van der Waals surface area contributed by atoms with E-state index < -0.39 is 0 Å². The maximum atomic E-state index is 6.04. The van der Waals surface area contributed by atoms with Crippen LogP contribution in [-0.2, 0) is 19.4 Å². The zero-order chi connectivity index (χ0) is 16.4. The number of hydrogen-bond donors (Lipinski definition) is 1. The number of H-pyrrole nitrogens is 1. The third-order valence-electron chi connectivity index (χ3n) is 4.48. The van der Waals surface area contributed by atoms with Crippen molar-refractivity contribution in [3.8, 4) is 11.6 Å². The number of thiophene rings is 1. The average molecular weight is 342 g/mol. The number of aromatic amines is 1. The SMILES string of the molecule is CCc1oc(-c2n[nH]c(Cc3cccs3)n2)cc1CN1CCCC1. The number of hydrogen-bond acceptors (Lipinski definition) is 5. The second kappa shape index (κ2) is 6.91. The van der Waals surface area contributed by atoms with Crippen LogP contribution in [0.1, 0.15) is 41.8 Å². The Balaban J connectivity index is 1.53. The molecule has 1 saturated heterocycles. The van der Waals surface area contributed by atoms with Crippen LogP contribution >= 0.6 is 11.3 Å². The van der Waals surface area contributed by atoms with E-state index in [9.17, 15) is 0 Å². The van der Waals surface area contributed by atoms with Crippen molar-refractivity contribution in [2.45, 2.75) is 39.2 Å². The third kappa shape index (κ3) is 3.30. The summed E-state index contributed by atoms with van der Waals surface area (Å²) in [5.74, 6) is 3.36. The first-order chi connectivity index (χ1) is 11.8. The number of rotatable bonds is 6. The molecule has 0 aromatic carbocycles. The van der Waals surface area contributed by atoms with Gasteiger partial charge in [-0.1, -0.05) is 13.0 Å². The molecule has 6 heteroatoms. The van der Waals surface area contributed by atoms with Crippen molar-refractivity contribution in [2.75, 3.05) is 13.1 Å². The van der Waals surface area contributed by atoms with Crippen LogP contribution in [0, 0.1) is 0 Å². The molecule has 0 radical (unpaired) electrons. The van der Waals surface area contributed by atoms with Gasteiger partial charge in [0, 0.05) is 29.8 Å². The first-order valence-electron chi connectivity index (χ1n) is 8.60. The zero-order valence-electron chi connectivity index (χ0n) is 13.9. The van der Waals surface area contributed by atoms with Crippen molar-refractivity contribution in [3.05, 3.63) is 45.6 Å². The maximum absolute atomic E-state index is 6.04. The minimum absolute atomic E-state index is 0.656. The number of aromatic nitrogens is 3. The van der Waals surface area contributed by atoms with Crippen LogP contribution in [0.25, 0.3) is 11.6 Å². The van der Waals surface area contributed by atoms with Gasteiger partial charge in [0.25, 0.3) is 0 Å². The van der Waals surface area contributed by atoms with Crippen LogP contribution in [0.5, 0.6) is 0 Å². The monoisotopic (exact) mass is 342 g/mol. The van der Waals surface area contributed by atoms with E-state index in [1.807, 2.05) is 0 Å². The first-order valence-corrected chi connectivity index (χ1v) is 9.47. The Kier molecular flexibility index (Phi) is 4.49. The topological polar surface area (TPSA) is 58.0 Å². The Labute approximate surface area is 145 Å². The largest absolute Gasteiger partial charge is 0.457 e. The lowest BCUT2D eigenvalue weighted by Crippen LogP contribution is -2.18. The molecule has 1 N–H and O–H groups in total. The minimum atomic E-state index is 0.656. The number of aryl methyl sites for hydroxylation is 1. The molecule has 1 aliphatic heterocycles. The van der Waals surface area contributed by atoms with Crippen molar-refractivity contribution >= 4 is 11.3 Å². The molecule has 24 heavy (non-hydrogen) atoms. The minimum Gasteiger partial charge on any atom is -0.457 e. The summed E-state index contributed by atoms with van der Waals surface area (Å²) in [5.41, 5.74) is 1.28. The highest BCUT2D eigenvalue weighted by molar-refractivity contribution is 7.09. The van der Waals surface area contributed by atoms with Gasteiger partial charge in [0.1, 0.15) is 11.6 Å². The van der Waals surface area contributed by atoms with Gasteiger partial charge >= 0.3 is 0 Å². The Morgan fingerprint density at radius 2 is 2.21 bits per heavy atom. The molecule has 0 bridgehead atoms. The standard InChI is InChI=1S/C18H22N4OS/c1-2-15-13(12-22-7-3-4-8-22)10-16(23-15)18-19-17(20-21-18)11-14-6-5-9-24-14/h5-6,9-10H,2-4,7-8,11-12H2,1H3,(H,19,20,21). The van der Waals surface area contributed by atoms with Crippen LogP contribution in [0.2, 0.25) is 0 Å². The predicted molar refractivity (Wildman–Crippen MR) is 95.1 cm³/mol. The fourth-order valence-electron chi connectivity index (χ4n) is 3.25. The lowest BCUT2D eigenvalue weighted by Gasteiger charge is -2.13. The van der Waals surface area contributed by atoms with Crippen molar-refractivity contribution < 1.29 is 4.42 Å². The smallest absolute Gasteiger partial charge is 0.216 e. The van der Waals surface area contributed by atoms with E-state index in [-0.39, 0.29) is 0 Å². The highest BCUT2D eigenvalue weighted by Crippen LogP contribution is 2.26. The molecule has 4 rings (SSSR count). The van der Waals surface area contributed by atoms with Crippen LogP contribution < -0.4 is 0 Å². The Morgan fingerprint density at radius 1 is 1.33 bits per heavy atom. The van der Waals surface area contributed by atoms with E-state index in [1.165, 1.54) is 36.4 Å². The fourth-order valence-corrected chi connectivity index (χ4v) is 3.96. The van der Waals surface area contributed by atoms with Gasteiger partial charge < -0.3 is 4.42 Å². The van der Waals surface area contributed by atoms with E-state index in [4.69, 9.17) is 4.42 Å². The number of furan rings is 1. The van der Waals surface area contributed by atoms with Crippen LogP contribution in [-0.4, -0.2) is 33.2 Å². The van der Waals surface area contributed by atoms with E-state index in [0.717, 1.165) is 36.7 Å². The molecular weight excluding hydrogens is 320 g/mol. The molecule has 0 atom stereocenters. The van der Waals surface area contributed by atoms with Gasteiger partial charge in [-0.3, -0.25) is 10.00 Å². The molecule has 0 spiro atoms. The van der Waals surface area contributed by atoms with Gasteiger partial charge in [-0.05, 0) is 43.4 Å². The molecule has 3 aromatic rings. The van der Waals surface area contributed by atoms with Crippen molar-refractivity contribution in [1.82, 2.24) is 20.1 Å². The van der Waals surface area contributed by atoms with Crippen molar-refractivity contribution in [1.29, 1.82) is 0 Å². The number of nitrogens with one attached hydrogen (secondary N) is 1. The van der Waals surface area contributed by atoms with Crippen LogP contribution in [0.15, 0.2) is 28.0 Å². The summed E-state index contributed by atoms with van der Waals surface area (Å²) < 4.78 is 6.04. The normalized spacial score (nSPS) is 15.4. The summed E-state index contributed by atoms with van der Waals surface area (Å²) in [7, 11) is 0. The van der Waals surface area contributed by atoms with Gasteiger partial charge in [0.15, 0.2) is 5.76 Å². The molecule has 5 nitrogen and oxygen atoms in total. The lowest BCUT2D eigenvalue weighted by molar-refractivity contribution is 0.327. The molecule has 0 amide bonds. The molecule has 4 heterocycles. The summed E-state index contributed by atoms with van der Waals surface area (Å²) in [6, 6.07) is 6.29.